The molecule has 3 amide bonds. The van der Waals surface area contributed by atoms with Crippen molar-refractivity contribution in [2.75, 3.05) is 18.4 Å². The number of aryl methyl sites for hydroxylation is 1. The van der Waals surface area contributed by atoms with Crippen LogP contribution >= 0.6 is 0 Å². The van der Waals surface area contributed by atoms with E-state index in [2.05, 4.69) is 10.6 Å². The highest BCUT2D eigenvalue weighted by molar-refractivity contribution is 6.04. The van der Waals surface area contributed by atoms with Crippen LogP contribution in [0.5, 0.6) is 0 Å². The molecule has 164 valence electrons. The Morgan fingerprint density at radius 1 is 0.968 bits per heavy atom. The van der Waals surface area contributed by atoms with Crippen LogP contribution in [0, 0.1) is 5.92 Å². The van der Waals surface area contributed by atoms with Crippen molar-refractivity contribution in [1.29, 1.82) is 0 Å². The van der Waals surface area contributed by atoms with Gasteiger partial charge in [0.15, 0.2) is 0 Å². The largest absolute Gasteiger partial charge is 0.350 e. The van der Waals surface area contributed by atoms with Crippen LogP contribution in [0.25, 0.3) is 0 Å². The van der Waals surface area contributed by atoms with Crippen molar-refractivity contribution in [3.8, 4) is 0 Å². The van der Waals surface area contributed by atoms with E-state index in [4.69, 9.17) is 0 Å². The van der Waals surface area contributed by atoms with Crippen molar-refractivity contribution in [2.24, 2.45) is 5.92 Å². The number of rotatable bonds is 7. The van der Waals surface area contributed by atoms with E-state index in [-0.39, 0.29) is 29.7 Å². The maximum absolute atomic E-state index is 12.8. The van der Waals surface area contributed by atoms with E-state index in [0.717, 1.165) is 12.0 Å². The standard InChI is InChI=1S/C25H31N3O3/c1-18(2)26-25(31)21-10-6-7-11-22(21)27-24(30)20-14-16-28(17-15-20)23(29)13-12-19-8-4-3-5-9-19/h3-11,18,20H,12-17H2,1-2H3,(H,26,31)(H,27,30). The molecule has 1 aliphatic heterocycles. The normalized spacial score (nSPS) is 14.4. The number of nitrogens with zero attached hydrogens (tertiary/aromatic N) is 1. The molecule has 0 atom stereocenters. The van der Waals surface area contributed by atoms with Crippen LogP contribution in [0.1, 0.15) is 49.0 Å². The number of hydrogen-bond donors (Lipinski definition) is 2. The third kappa shape index (κ3) is 6.41. The molecule has 0 saturated carbocycles. The summed E-state index contributed by atoms with van der Waals surface area (Å²) in [6.45, 7) is 4.96. The van der Waals surface area contributed by atoms with Gasteiger partial charge in [-0.25, -0.2) is 0 Å². The second kappa shape index (κ2) is 10.8. The zero-order valence-corrected chi connectivity index (χ0v) is 18.3. The van der Waals surface area contributed by atoms with Crippen LogP contribution < -0.4 is 10.6 Å². The van der Waals surface area contributed by atoms with Crippen molar-refractivity contribution < 1.29 is 14.4 Å². The van der Waals surface area contributed by atoms with Crippen molar-refractivity contribution in [1.82, 2.24) is 10.2 Å². The fourth-order valence-electron chi connectivity index (χ4n) is 3.81. The molecule has 6 nitrogen and oxygen atoms in total. The minimum Gasteiger partial charge on any atom is -0.350 e. The van der Waals surface area contributed by atoms with Crippen molar-refractivity contribution in [3.63, 3.8) is 0 Å². The van der Waals surface area contributed by atoms with Crippen LogP contribution in [-0.2, 0) is 16.0 Å². The zero-order chi connectivity index (χ0) is 22.2. The molecule has 2 N–H and O–H groups in total. The summed E-state index contributed by atoms with van der Waals surface area (Å²) in [6, 6.07) is 17.0. The smallest absolute Gasteiger partial charge is 0.253 e. The molecule has 1 aliphatic rings. The molecule has 2 aromatic rings. The first-order valence-corrected chi connectivity index (χ1v) is 11.0. The van der Waals surface area contributed by atoms with Gasteiger partial charge in [-0.2, -0.15) is 0 Å². The number of hydrogen-bond acceptors (Lipinski definition) is 3. The Morgan fingerprint density at radius 3 is 2.29 bits per heavy atom. The summed E-state index contributed by atoms with van der Waals surface area (Å²) in [5, 5.41) is 5.78. The van der Waals surface area contributed by atoms with Crippen LogP contribution in [0.15, 0.2) is 54.6 Å². The predicted molar refractivity (Wildman–Crippen MR) is 122 cm³/mol. The van der Waals surface area contributed by atoms with Crippen LogP contribution in [0.2, 0.25) is 0 Å². The average Bonchev–Trinajstić information content (AvgIpc) is 2.78. The van der Waals surface area contributed by atoms with E-state index in [9.17, 15) is 14.4 Å². The highest BCUT2D eigenvalue weighted by Crippen LogP contribution is 2.22. The molecule has 1 fully saturated rings. The van der Waals surface area contributed by atoms with E-state index >= 15 is 0 Å². The van der Waals surface area contributed by atoms with Gasteiger partial charge in [-0.05, 0) is 50.8 Å². The highest BCUT2D eigenvalue weighted by Gasteiger charge is 2.28. The van der Waals surface area contributed by atoms with Gasteiger partial charge in [0.2, 0.25) is 11.8 Å². The topological polar surface area (TPSA) is 78.5 Å². The van der Waals surface area contributed by atoms with E-state index in [1.54, 1.807) is 24.3 Å². The minimum absolute atomic E-state index is 0.0139. The second-order valence-corrected chi connectivity index (χ2v) is 8.30. The lowest BCUT2D eigenvalue weighted by atomic mass is 9.95. The molecule has 0 radical (unpaired) electrons. The molecular formula is C25H31N3O3. The van der Waals surface area contributed by atoms with Crippen molar-refractivity contribution in [3.05, 3.63) is 65.7 Å². The van der Waals surface area contributed by atoms with E-state index in [1.165, 1.54) is 0 Å². The van der Waals surface area contributed by atoms with Crippen LogP contribution in [-0.4, -0.2) is 41.8 Å². The molecule has 0 spiro atoms. The first-order chi connectivity index (χ1) is 14.9. The van der Waals surface area contributed by atoms with E-state index < -0.39 is 0 Å². The molecule has 31 heavy (non-hydrogen) atoms. The molecule has 1 saturated heterocycles. The number of nitrogens with one attached hydrogen (secondary N) is 2. The molecule has 0 unspecified atom stereocenters. The number of anilines is 1. The lowest BCUT2D eigenvalue weighted by molar-refractivity contribution is -0.134. The minimum atomic E-state index is -0.204. The van der Waals surface area contributed by atoms with E-state index in [0.29, 0.717) is 43.6 Å². The quantitative estimate of drug-likeness (QED) is 0.717. The average molecular weight is 422 g/mol. The number of para-hydroxylation sites is 1. The van der Waals surface area contributed by atoms with Crippen molar-refractivity contribution >= 4 is 23.4 Å². The summed E-state index contributed by atoms with van der Waals surface area (Å²) in [5.74, 6) is -0.330. The zero-order valence-electron chi connectivity index (χ0n) is 18.3. The molecule has 0 aromatic heterocycles. The lowest BCUT2D eigenvalue weighted by Gasteiger charge is -2.31. The van der Waals surface area contributed by atoms with Gasteiger partial charge in [0.05, 0.1) is 11.3 Å². The Hall–Kier alpha value is -3.15. The first kappa shape index (κ1) is 22.5. The third-order valence-electron chi connectivity index (χ3n) is 5.54. The fraction of sp³-hybridized carbons (Fsp3) is 0.400. The Balaban J connectivity index is 1.50. The maximum atomic E-state index is 12.8. The van der Waals surface area contributed by atoms with Gasteiger partial charge in [-0.3, -0.25) is 14.4 Å². The van der Waals surface area contributed by atoms with Gasteiger partial charge >= 0.3 is 0 Å². The maximum Gasteiger partial charge on any atom is 0.253 e. The molecule has 0 bridgehead atoms. The number of likely N-dealkylation sites (tertiary alicyclic amines) is 1. The number of piperidine rings is 1. The second-order valence-electron chi connectivity index (χ2n) is 8.30. The number of carbonyl (C=O) groups excluding carboxylic acids is 3. The Bertz CT molecular complexity index is 903. The van der Waals surface area contributed by atoms with Gasteiger partial charge in [0.25, 0.3) is 5.91 Å². The Kier molecular flexibility index (Phi) is 7.82. The van der Waals surface area contributed by atoms with Crippen molar-refractivity contribution in [2.45, 2.75) is 45.6 Å². The van der Waals surface area contributed by atoms with Gasteiger partial charge in [-0.15, -0.1) is 0 Å². The van der Waals surface area contributed by atoms with Crippen LogP contribution in [0.3, 0.4) is 0 Å². The molecule has 1 heterocycles. The summed E-state index contributed by atoms with van der Waals surface area (Å²) in [7, 11) is 0. The molecule has 0 aliphatic carbocycles. The number of benzene rings is 2. The van der Waals surface area contributed by atoms with Gasteiger partial charge in [0, 0.05) is 31.5 Å². The summed E-state index contributed by atoms with van der Waals surface area (Å²) in [4.78, 5) is 39.6. The first-order valence-electron chi connectivity index (χ1n) is 11.0. The number of amides is 3. The summed E-state index contributed by atoms with van der Waals surface area (Å²) in [5.41, 5.74) is 2.13. The van der Waals surface area contributed by atoms with Gasteiger partial charge in [0.1, 0.15) is 0 Å². The number of carbonyl (C=O) groups is 3. The fourth-order valence-corrected chi connectivity index (χ4v) is 3.81. The molecule has 2 aromatic carbocycles. The Labute approximate surface area is 184 Å². The monoisotopic (exact) mass is 421 g/mol. The highest BCUT2D eigenvalue weighted by atomic mass is 16.2. The SMILES string of the molecule is CC(C)NC(=O)c1ccccc1NC(=O)C1CCN(C(=O)CCc2ccccc2)CC1. The Morgan fingerprint density at radius 2 is 1.61 bits per heavy atom. The van der Waals surface area contributed by atoms with Crippen LogP contribution in [0.4, 0.5) is 5.69 Å². The summed E-state index contributed by atoms with van der Waals surface area (Å²) >= 11 is 0. The van der Waals surface area contributed by atoms with Gasteiger partial charge < -0.3 is 15.5 Å². The van der Waals surface area contributed by atoms with E-state index in [1.807, 2.05) is 49.1 Å². The summed E-state index contributed by atoms with van der Waals surface area (Å²) < 4.78 is 0. The van der Waals surface area contributed by atoms with Gasteiger partial charge in [-0.1, -0.05) is 42.5 Å². The predicted octanol–water partition coefficient (Wildman–Crippen LogP) is 3.63. The molecule has 3 rings (SSSR count). The summed E-state index contributed by atoms with van der Waals surface area (Å²) in [6.07, 6.45) is 2.47. The lowest BCUT2D eigenvalue weighted by Crippen LogP contribution is -2.41. The molecule has 6 heteroatoms. The molecular weight excluding hydrogens is 390 g/mol. The third-order valence-corrected chi connectivity index (χ3v) is 5.54.